The minimum Gasteiger partial charge on any atom is -0.493 e. The van der Waals surface area contributed by atoms with E-state index in [1.54, 1.807) is 6.92 Å². The van der Waals surface area contributed by atoms with Gasteiger partial charge < -0.3 is 4.74 Å². The van der Waals surface area contributed by atoms with E-state index in [2.05, 4.69) is 28.6 Å². The molecular formula is C13H13BrO2. The van der Waals surface area contributed by atoms with Gasteiger partial charge in [0.2, 0.25) is 0 Å². The zero-order valence-corrected chi connectivity index (χ0v) is 10.8. The SMILES string of the molecule is C=C(C)C(=O)Cc1cc(Br)cc2c1OCC2. The lowest BCUT2D eigenvalue weighted by atomic mass is 10.0. The molecule has 2 nitrogen and oxygen atoms in total. The van der Waals surface area contributed by atoms with E-state index in [0.29, 0.717) is 18.6 Å². The third-order valence-electron chi connectivity index (χ3n) is 2.65. The van der Waals surface area contributed by atoms with Crippen molar-refractivity contribution >= 4 is 21.7 Å². The van der Waals surface area contributed by atoms with Gasteiger partial charge in [-0.3, -0.25) is 4.79 Å². The Balaban J connectivity index is 2.34. The summed E-state index contributed by atoms with van der Waals surface area (Å²) < 4.78 is 6.56. The number of benzene rings is 1. The maximum atomic E-state index is 11.7. The van der Waals surface area contributed by atoms with Crippen LogP contribution < -0.4 is 4.74 Å². The molecule has 0 N–H and O–H groups in total. The predicted molar refractivity (Wildman–Crippen MR) is 66.9 cm³/mol. The average Bonchev–Trinajstić information content (AvgIpc) is 2.65. The first-order valence-electron chi connectivity index (χ1n) is 5.20. The lowest BCUT2D eigenvalue weighted by Gasteiger charge is -2.08. The molecule has 0 saturated heterocycles. The third kappa shape index (κ3) is 2.19. The Morgan fingerprint density at radius 1 is 1.56 bits per heavy atom. The zero-order chi connectivity index (χ0) is 11.7. The van der Waals surface area contributed by atoms with Crippen molar-refractivity contribution in [2.45, 2.75) is 19.8 Å². The predicted octanol–water partition coefficient (Wildman–Crippen LogP) is 3.07. The van der Waals surface area contributed by atoms with Gasteiger partial charge in [0.25, 0.3) is 0 Å². The minimum absolute atomic E-state index is 0.0656. The van der Waals surface area contributed by atoms with Gasteiger partial charge in [-0.15, -0.1) is 0 Å². The van der Waals surface area contributed by atoms with Crippen molar-refractivity contribution in [1.82, 2.24) is 0 Å². The first-order chi connectivity index (χ1) is 7.58. The molecule has 0 bridgehead atoms. The zero-order valence-electron chi connectivity index (χ0n) is 9.18. The van der Waals surface area contributed by atoms with E-state index in [1.165, 1.54) is 5.56 Å². The molecule has 0 aromatic heterocycles. The summed E-state index contributed by atoms with van der Waals surface area (Å²) in [6, 6.07) is 4.00. The molecule has 0 amide bonds. The number of rotatable bonds is 3. The van der Waals surface area contributed by atoms with Gasteiger partial charge in [0.15, 0.2) is 5.78 Å². The topological polar surface area (TPSA) is 26.3 Å². The summed E-state index contributed by atoms with van der Waals surface area (Å²) in [6.07, 6.45) is 1.29. The maximum Gasteiger partial charge on any atom is 0.162 e. The molecule has 1 aromatic carbocycles. The number of fused-ring (bicyclic) bond motifs is 1. The molecule has 0 atom stereocenters. The fourth-order valence-electron chi connectivity index (χ4n) is 1.80. The van der Waals surface area contributed by atoms with Crippen molar-refractivity contribution in [3.8, 4) is 5.75 Å². The molecule has 2 rings (SSSR count). The number of allylic oxidation sites excluding steroid dienone is 1. The fraction of sp³-hybridized carbons (Fsp3) is 0.308. The summed E-state index contributed by atoms with van der Waals surface area (Å²) in [4.78, 5) is 11.7. The van der Waals surface area contributed by atoms with Crippen LogP contribution in [0, 0.1) is 0 Å². The summed E-state index contributed by atoms with van der Waals surface area (Å²) in [5.74, 6) is 0.952. The summed E-state index contributed by atoms with van der Waals surface area (Å²) in [6.45, 7) is 6.11. The molecule has 1 aromatic rings. The lowest BCUT2D eigenvalue weighted by Crippen LogP contribution is -2.04. The maximum absolute atomic E-state index is 11.7. The number of carbonyl (C=O) groups excluding carboxylic acids is 1. The van der Waals surface area contributed by atoms with Crippen LogP contribution in [-0.4, -0.2) is 12.4 Å². The molecule has 0 fully saturated rings. The highest BCUT2D eigenvalue weighted by Gasteiger charge is 2.19. The van der Waals surface area contributed by atoms with Gasteiger partial charge in [-0.25, -0.2) is 0 Å². The minimum atomic E-state index is 0.0656. The Labute approximate surface area is 103 Å². The molecule has 1 aliphatic heterocycles. The largest absolute Gasteiger partial charge is 0.493 e. The van der Waals surface area contributed by atoms with Crippen molar-refractivity contribution in [3.63, 3.8) is 0 Å². The molecule has 0 radical (unpaired) electrons. The van der Waals surface area contributed by atoms with Crippen LogP contribution in [0.4, 0.5) is 0 Å². The average molecular weight is 281 g/mol. The first kappa shape index (κ1) is 11.4. The Morgan fingerprint density at radius 2 is 2.31 bits per heavy atom. The normalized spacial score (nSPS) is 13.1. The smallest absolute Gasteiger partial charge is 0.162 e. The van der Waals surface area contributed by atoms with Gasteiger partial charge in [0.05, 0.1) is 6.61 Å². The van der Waals surface area contributed by atoms with Gasteiger partial charge in [-0.2, -0.15) is 0 Å². The highest BCUT2D eigenvalue weighted by atomic mass is 79.9. The van der Waals surface area contributed by atoms with Crippen LogP contribution in [0.2, 0.25) is 0 Å². The number of Topliss-reactive ketones (excluding diaryl/α,β-unsaturated/α-hetero) is 1. The fourth-order valence-corrected chi connectivity index (χ4v) is 2.35. The van der Waals surface area contributed by atoms with E-state index in [0.717, 1.165) is 22.2 Å². The van der Waals surface area contributed by atoms with Crippen molar-refractivity contribution in [2.24, 2.45) is 0 Å². The van der Waals surface area contributed by atoms with Gasteiger partial charge in [-0.1, -0.05) is 22.5 Å². The van der Waals surface area contributed by atoms with E-state index >= 15 is 0 Å². The molecule has 0 unspecified atom stereocenters. The second-order valence-corrected chi connectivity index (χ2v) is 4.95. The number of hydrogen-bond acceptors (Lipinski definition) is 2. The highest BCUT2D eigenvalue weighted by Crippen LogP contribution is 2.33. The van der Waals surface area contributed by atoms with Crippen LogP contribution in [0.5, 0.6) is 5.75 Å². The van der Waals surface area contributed by atoms with Gasteiger partial charge in [-0.05, 0) is 30.2 Å². The molecule has 3 heteroatoms. The Hall–Kier alpha value is -1.09. The molecule has 0 spiro atoms. The quantitative estimate of drug-likeness (QED) is 0.796. The van der Waals surface area contributed by atoms with Crippen LogP contribution in [0.1, 0.15) is 18.1 Å². The summed E-state index contributed by atoms with van der Waals surface area (Å²) in [5, 5.41) is 0. The lowest BCUT2D eigenvalue weighted by molar-refractivity contribution is -0.114. The van der Waals surface area contributed by atoms with E-state index in [4.69, 9.17) is 4.74 Å². The number of carbonyl (C=O) groups is 1. The van der Waals surface area contributed by atoms with Crippen LogP contribution >= 0.6 is 15.9 Å². The molecule has 1 aliphatic rings. The van der Waals surface area contributed by atoms with Crippen LogP contribution in [-0.2, 0) is 17.6 Å². The monoisotopic (exact) mass is 280 g/mol. The van der Waals surface area contributed by atoms with Crippen molar-refractivity contribution < 1.29 is 9.53 Å². The van der Waals surface area contributed by atoms with Gasteiger partial charge in [0, 0.05) is 22.9 Å². The van der Waals surface area contributed by atoms with Crippen molar-refractivity contribution in [1.29, 1.82) is 0 Å². The number of ether oxygens (including phenoxy) is 1. The number of ketones is 1. The molecule has 84 valence electrons. The van der Waals surface area contributed by atoms with Gasteiger partial charge >= 0.3 is 0 Å². The van der Waals surface area contributed by atoms with E-state index in [1.807, 2.05) is 6.07 Å². The first-order valence-corrected chi connectivity index (χ1v) is 6.00. The summed E-state index contributed by atoms with van der Waals surface area (Å²) >= 11 is 3.45. The molecule has 0 saturated carbocycles. The van der Waals surface area contributed by atoms with E-state index in [9.17, 15) is 4.79 Å². The van der Waals surface area contributed by atoms with E-state index < -0.39 is 0 Å². The standard InChI is InChI=1S/C13H13BrO2/c1-8(2)12(15)7-10-6-11(14)5-9-3-4-16-13(9)10/h5-6H,1,3-4,7H2,2H3. The second-order valence-electron chi connectivity index (χ2n) is 4.03. The van der Waals surface area contributed by atoms with Crippen LogP contribution in [0.15, 0.2) is 28.8 Å². The van der Waals surface area contributed by atoms with Crippen molar-refractivity contribution in [3.05, 3.63) is 39.9 Å². The highest BCUT2D eigenvalue weighted by molar-refractivity contribution is 9.10. The summed E-state index contributed by atoms with van der Waals surface area (Å²) in [5.41, 5.74) is 2.72. The van der Waals surface area contributed by atoms with Crippen molar-refractivity contribution in [2.75, 3.05) is 6.61 Å². The van der Waals surface area contributed by atoms with Crippen LogP contribution in [0.25, 0.3) is 0 Å². The molecular weight excluding hydrogens is 268 g/mol. The third-order valence-corrected chi connectivity index (χ3v) is 3.11. The summed E-state index contributed by atoms with van der Waals surface area (Å²) in [7, 11) is 0. The molecule has 1 heterocycles. The van der Waals surface area contributed by atoms with Crippen LogP contribution in [0.3, 0.4) is 0 Å². The second kappa shape index (κ2) is 4.42. The molecule has 16 heavy (non-hydrogen) atoms. The Bertz CT molecular complexity index is 463. The van der Waals surface area contributed by atoms with Gasteiger partial charge in [0.1, 0.15) is 5.75 Å². The number of halogens is 1. The Morgan fingerprint density at radius 3 is 3.00 bits per heavy atom. The van der Waals surface area contributed by atoms with E-state index in [-0.39, 0.29) is 5.78 Å². The Kier molecular flexibility index (Phi) is 3.15. The molecule has 0 aliphatic carbocycles. The number of hydrogen-bond donors (Lipinski definition) is 0.